The molecule has 6 nitrogen and oxygen atoms in total. The van der Waals surface area contributed by atoms with Gasteiger partial charge in [-0.05, 0) is 31.9 Å². The van der Waals surface area contributed by atoms with E-state index in [1.54, 1.807) is 13.0 Å². The second-order valence-corrected chi connectivity index (χ2v) is 5.47. The Balaban J connectivity index is 3.00. The van der Waals surface area contributed by atoms with Gasteiger partial charge in [0.1, 0.15) is 12.0 Å². The zero-order chi connectivity index (χ0) is 14.6. The lowest BCUT2D eigenvalue weighted by atomic mass is 9.93. The van der Waals surface area contributed by atoms with Crippen LogP contribution in [-0.4, -0.2) is 29.5 Å². The van der Waals surface area contributed by atoms with Gasteiger partial charge in [0, 0.05) is 18.7 Å². The predicted octanol–water partition coefficient (Wildman–Crippen LogP) is 2.11. The van der Waals surface area contributed by atoms with E-state index in [-0.39, 0.29) is 11.1 Å². The van der Waals surface area contributed by atoms with Gasteiger partial charge in [-0.2, -0.15) is 0 Å². The molecule has 0 fully saturated rings. The first-order valence-electron chi connectivity index (χ1n) is 6.37. The van der Waals surface area contributed by atoms with E-state index < -0.39 is 4.92 Å². The van der Waals surface area contributed by atoms with Gasteiger partial charge >= 0.3 is 0 Å². The molecule has 1 rings (SSSR count). The third-order valence-corrected chi connectivity index (χ3v) is 3.14. The summed E-state index contributed by atoms with van der Waals surface area (Å²) in [6.45, 7) is 10.1. The smallest absolute Gasteiger partial charge is 0.290 e. The van der Waals surface area contributed by atoms with Crippen LogP contribution in [0.25, 0.3) is 0 Å². The molecule has 19 heavy (non-hydrogen) atoms. The Labute approximate surface area is 113 Å². The minimum absolute atomic E-state index is 0.0205. The van der Waals surface area contributed by atoms with Crippen LogP contribution < -0.4 is 10.6 Å². The van der Waals surface area contributed by atoms with Crippen molar-refractivity contribution in [1.82, 2.24) is 4.98 Å². The molecule has 2 N–H and O–H groups in total. The van der Waals surface area contributed by atoms with Crippen molar-refractivity contribution in [2.24, 2.45) is 11.1 Å². The summed E-state index contributed by atoms with van der Waals surface area (Å²) in [4.78, 5) is 16.7. The summed E-state index contributed by atoms with van der Waals surface area (Å²) in [7, 11) is 0. The Bertz CT molecular complexity index is 460. The molecule has 0 radical (unpaired) electrons. The Morgan fingerprint density at radius 1 is 1.53 bits per heavy atom. The van der Waals surface area contributed by atoms with Gasteiger partial charge in [0.25, 0.3) is 5.69 Å². The van der Waals surface area contributed by atoms with E-state index in [1.165, 1.54) is 6.20 Å². The van der Waals surface area contributed by atoms with E-state index in [0.29, 0.717) is 12.1 Å². The summed E-state index contributed by atoms with van der Waals surface area (Å²) in [5, 5.41) is 10.8. The van der Waals surface area contributed by atoms with Crippen molar-refractivity contribution in [2.75, 3.05) is 24.5 Å². The molecule has 6 heteroatoms. The number of aryl methyl sites for hydroxylation is 1. The number of hydrogen-bond acceptors (Lipinski definition) is 5. The van der Waals surface area contributed by atoms with Gasteiger partial charge in [0.2, 0.25) is 0 Å². The summed E-state index contributed by atoms with van der Waals surface area (Å²) >= 11 is 0. The SMILES string of the molecule is CCN(CC(C)(C)CN)c1cc(C)c([N+](=O)[O-])cn1. The minimum Gasteiger partial charge on any atom is -0.356 e. The fourth-order valence-electron chi connectivity index (χ4n) is 1.83. The standard InChI is InChI=1S/C13H22N4O2/c1-5-16(9-13(3,4)8-14)12-6-10(2)11(7-15-12)17(18)19/h6-7H,5,8-9,14H2,1-4H3. The quantitative estimate of drug-likeness (QED) is 0.629. The lowest BCUT2D eigenvalue weighted by Crippen LogP contribution is -2.39. The number of nitrogens with two attached hydrogens (primary N) is 1. The van der Waals surface area contributed by atoms with Crippen LogP contribution in [0.5, 0.6) is 0 Å². The van der Waals surface area contributed by atoms with Crippen molar-refractivity contribution in [2.45, 2.75) is 27.7 Å². The highest BCUT2D eigenvalue weighted by Gasteiger charge is 2.21. The monoisotopic (exact) mass is 266 g/mol. The van der Waals surface area contributed by atoms with Crippen LogP contribution in [0, 0.1) is 22.5 Å². The number of anilines is 1. The van der Waals surface area contributed by atoms with Crippen molar-refractivity contribution in [3.63, 3.8) is 0 Å². The van der Waals surface area contributed by atoms with E-state index in [9.17, 15) is 10.1 Å². The zero-order valence-corrected chi connectivity index (χ0v) is 12.0. The number of hydrogen-bond donors (Lipinski definition) is 1. The fourth-order valence-corrected chi connectivity index (χ4v) is 1.83. The van der Waals surface area contributed by atoms with Gasteiger partial charge in [-0.1, -0.05) is 13.8 Å². The normalized spacial score (nSPS) is 11.4. The lowest BCUT2D eigenvalue weighted by Gasteiger charge is -2.31. The number of rotatable bonds is 6. The highest BCUT2D eigenvalue weighted by Crippen LogP contribution is 2.24. The maximum atomic E-state index is 10.8. The minimum atomic E-state index is -0.410. The second kappa shape index (κ2) is 5.97. The molecule has 0 saturated carbocycles. The highest BCUT2D eigenvalue weighted by molar-refractivity contribution is 5.48. The average molecular weight is 266 g/mol. The maximum Gasteiger partial charge on any atom is 0.290 e. The van der Waals surface area contributed by atoms with Crippen molar-refractivity contribution < 1.29 is 4.92 Å². The number of nitro groups is 1. The topological polar surface area (TPSA) is 85.3 Å². The molecule has 0 amide bonds. The third-order valence-electron chi connectivity index (χ3n) is 3.14. The number of aromatic nitrogens is 1. The molecule has 0 bridgehead atoms. The summed E-state index contributed by atoms with van der Waals surface area (Å²) in [6, 6.07) is 1.76. The van der Waals surface area contributed by atoms with E-state index in [2.05, 4.69) is 23.7 Å². The third kappa shape index (κ3) is 3.89. The average Bonchev–Trinajstić information content (AvgIpc) is 2.35. The van der Waals surface area contributed by atoms with Crippen LogP contribution in [0.4, 0.5) is 11.5 Å². The van der Waals surface area contributed by atoms with Gasteiger partial charge in [0.15, 0.2) is 0 Å². The van der Waals surface area contributed by atoms with Crippen LogP contribution in [0.3, 0.4) is 0 Å². The van der Waals surface area contributed by atoms with Crippen molar-refractivity contribution in [3.05, 3.63) is 27.9 Å². The molecule has 0 atom stereocenters. The molecule has 0 aliphatic carbocycles. The molecule has 0 aromatic carbocycles. The van der Waals surface area contributed by atoms with E-state index >= 15 is 0 Å². The van der Waals surface area contributed by atoms with E-state index in [1.807, 2.05) is 6.92 Å². The molecule has 1 aromatic heterocycles. The summed E-state index contributed by atoms with van der Waals surface area (Å²) in [6.07, 6.45) is 1.32. The first kappa shape index (κ1) is 15.4. The first-order chi connectivity index (χ1) is 8.80. The molecule has 106 valence electrons. The van der Waals surface area contributed by atoms with Crippen LogP contribution >= 0.6 is 0 Å². The maximum absolute atomic E-state index is 10.8. The first-order valence-corrected chi connectivity index (χ1v) is 6.37. The number of pyridine rings is 1. The van der Waals surface area contributed by atoms with Crippen LogP contribution in [0.1, 0.15) is 26.3 Å². The van der Waals surface area contributed by atoms with E-state index in [4.69, 9.17) is 5.73 Å². The lowest BCUT2D eigenvalue weighted by molar-refractivity contribution is -0.385. The molecular formula is C13H22N4O2. The Morgan fingerprint density at radius 3 is 2.58 bits per heavy atom. The molecule has 0 spiro atoms. The van der Waals surface area contributed by atoms with Gasteiger partial charge < -0.3 is 10.6 Å². The van der Waals surface area contributed by atoms with Gasteiger partial charge in [-0.3, -0.25) is 10.1 Å². The Morgan fingerprint density at radius 2 is 2.16 bits per heavy atom. The van der Waals surface area contributed by atoms with Crippen molar-refractivity contribution >= 4 is 11.5 Å². The Kier molecular flexibility index (Phi) is 4.83. The molecule has 1 aromatic rings. The molecule has 0 unspecified atom stereocenters. The number of nitrogens with zero attached hydrogens (tertiary/aromatic N) is 3. The van der Waals surface area contributed by atoms with Crippen LogP contribution in [-0.2, 0) is 0 Å². The summed E-state index contributed by atoms with van der Waals surface area (Å²) in [5.41, 5.74) is 6.40. The molecule has 1 heterocycles. The molecule has 0 aliphatic heterocycles. The van der Waals surface area contributed by atoms with Gasteiger partial charge in [-0.25, -0.2) is 4.98 Å². The van der Waals surface area contributed by atoms with Gasteiger partial charge in [-0.15, -0.1) is 0 Å². The predicted molar refractivity (Wildman–Crippen MR) is 76.4 cm³/mol. The van der Waals surface area contributed by atoms with Crippen molar-refractivity contribution in [1.29, 1.82) is 0 Å². The largest absolute Gasteiger partial charge is 0.356 e. The molecular weight excluding hydrogens is 244 g/mol. The van der Waals surface area contributed by atoms with Crippen LogP contribution in [0.15, 0.2) is 12.3 Å². The molecule has 0 aliphatic rings. The second-order valence-electron chi connectivity index (χ2n) is 5.47. The zero-order valence-electron chi connectivity index (χ0n) is 12.0. The Hall–Kier alpha value is -1.69. The fraction of sp³-hybridized carbons (Fsp3) is 0.615. The van der Waals surface area contributed by atoms with Crippen molar-refractivity contribution in [3.8, 4) is 0 Å². The summed E-state index contributed by atoms with van der Waals surface area (Å²) < 4.78 is 0. The van der Waals surface area contributed by atoms with E-state index in [0.717, 1.165) is 18.9 Å². The van der Waals surface area contributed by atoms with Crippen LogP contribution in [0.2, 0.25) is 0 Å². The molecule has 0 saturated heterocycles. The summed E-state index contributed by atoms with van der Waals surface area (Å²) in [5.74, 6) is 0.757. The van der Waals surface area contributed by atoms with Gasteiger partial charge in [0.05, 0.1) is 4.92 Å². The highest BCUT2D eigenvalue weighted by atomic mass is 16.6.